The number of halogens is 1. The largest absolute Gasteiger partial charge is 0.455 e. The highest BCUT2D eigenvalue weighted by molar-refractivity contribution is 6.34. The molecule has 2 saturated heterocycles. The summed E-state index contributed by atoms with van der Waals surface area (Å²) in [7, 11) is 0. The van der Waals surface area contributed by atoms with Crippen molar-refractivity contribution in [3.8, 4) is 0 Å². The number of carbonyl (C=O) groups is 4. The second-order valence-corrected chi connectivity index (χ2v) is 13.8. The fraction of sp³-hybridized carbons (Fsp3) is 0.459. The van der Waals surface area contributed by atoms with Crippen molar-refractivity contribution in [3.63, 3.8) is 0 Å². The van der Waals surface area contributed by atoms with Gasteiger partial charge in [0.1, 0.15) is 23.7 Å². The number of carbonyl (C=O) groups excluding carboxylic acids is 4. The average molecular weight is 676 g/mol. The van der Waals surface area contributed by atoms with Crippen LogP contribution in [0, 0.1) is 24.7 Å². The quantitative estimate of drug-likeness (QED) is 0.358. The average Bonchev–Trinajstić information content (AvgIpc) is 3.70. The number of allylic oxidation sites excluding steroid dienone is 1. The van der Waals surface area contributed by atoms with Crippen molar-refractivity contribution in [2.75, 3.05) is 18.1 Å². The number of rotatable bonds is 5. The summed E-state index contributed by atoms with van der Waals surface area (Å²) in [6.07, 6.45) is 6.02. The Morgan fingerprint density at radius 1 is 1.04 bits per heavy atom. The SMILES string of the molecule is Cc1cccc(Cl)c1N1C/C=C\CCC(=O)N[C@@H](C)[C@H](c2ccccc2)OC(=O)[C@@H]2[C@H]3C(=O)N([C@@H](CO)C(C)C)[C@H](C1=O)[C@]31C=C[C@H]2O1. The number of likely N-dealkylation sites (tertiary alicyclic amines) is 1. The number of aryl methyl sites for hydroxylation is 1. The molecule has 2 aromatic rings. The molecule has 0 aliphatic carbocycles. The van der Waals surface area contributed by atoms with Crippen molar-refractivity contribution < 1.29 is 33.8 Å². The van der Waals surface area contributed by atoms with Gasteiger partial charge >= 0.3 is 5.97 Å². The van der Waals surface area contributed by atoms with Gasteiger partial charge in [-0.3, -0.25) is 19.2 Å². The first-order valence-corrected chi connectivity index (χ1v) is 16.9. The van der Waals surface area contributed by atoms with E-state index in [9.17, 15) is 19.5 Å². The summed E-state index contributed by atoms with van der Waals surface area (Å²) in [5.74, 6) is -4.17. The van der Waals surface area contributed by atoms with Crippen LogP contribution in [0.15, 0.2) is 72.8 Å². The zero-order chi connectivity index (χ0) is 34.3. The van der Waals surface area contributed by atoms with Crippen LogP contribution in [0.3, 0.4) is 0 Å². The molecule has 10 nitrogen and oxygen atoms in total. The van der Waals surface area contributed by atoms with Gasteiger partial charge in [-0.1, -0.05) is 92.2 Å². The fourth-order valence-corrected chi connectivity index (χ4v) is 8.08. The molecule has 0 aromatic heterocycles. The van der Waals surface area contributed by atoms with E-state index in [1.54, 1.807) is 31.2 Å². The maximum absolute atomic E-state index is 15.1. The van der Waals surface area contributed by atoms with Crippen molar-refractivity contribution in [1.29, 1.82) is 0 Å². The number of fused-ring (bicyclic) bond motifs is 2. The third-order valence-electron chi connectivity index (χ3n) is 10.1. The lowest BCUT2D eigenvalue weighted by molar-refractivity contribution is -0.161. The molecule has 0 radical (unpaired) electrons. The smallest absolute Gasteiger partial charge is 0.313 e. The minimum absolute atomic E-state index is 0.0981. The number of nitrogens with one attached hydrogen (secondary N) is 1. The van der Waals surface area contributed by atoms with Gasteiger partial charge in [0.2, 0.25) is 11.8 Å². The van der Waals surface area contributed by atoms with Gasteiger partial charge in [-0.05, 0) is 43.4 Å². The van der Waals surface area contributed by atoms with Crippen LogP contribution in [0.2, 0.25) is 5.02 Å². The van der Waals surface area contributed by atoms with Crippen molar-refractivity contribution in [2.24, 2.45) is 17.8 Å². The maximum Gasteiger partial charge on any atom is 0.313 e. The van der Waals surface area contributed by atoms with Crippen LogP contribution in [-0.2, 0) is 28.7 Å². The van der Waals surface area contributed by atoms with E-state index < -0.39 is 72.2 Å². The number of hydrogen-bond acceptors (Lipinski definition) is 7. The zero-order valence-corrected chi connectivity index (χ0v) is 28.3. The molecular weight excluding hydrogens is 634 g/mol. The molecule has 2 fully saturated rings. The van der Waals surface area contributed by atoms with Crippen LogP contribution in [0.25, 0.3) is 0 Å². The van der Waals surface area contributed by atoms with Crippen molar-refractivity contribution in [1.82, 2.24) is 10.2 Å². The summed E-state index contributed by atoms with van der Waals surface area (Å²) in [6.45, 7) is 7.08. The number of benzene rings is 2. The van der Waals surface area contributed by atoms with Gasteiger partial charge in [0.05, 0.1) is 41.4 Å². The van der Waals surface area contributed by atoms with Crippen LogP contribution in [0.1, 0.15) is 50.8 Å². The van der Waals surface area contributed by atoms with Crippen LogP contribution >= 0.6 is 11.6 Å². The highest BCUT2D eigenvalue weighted by Crippen LogP contribution is 2.57. The number of aliphatic hydroxyl groups is 1. The molecular formula is C37H42ClN3O7. The van der Waals surface area contributed by atoms with Crippen molar-refractivity contribution in [3.05, 3.63) is 89.0 Å². The van der Waals surface area contributed by atoms with Gasteiger partial charge < -0.3 is 29.7 Å². The Labute approximate surface area is 285 Å². The van der Waals surface area contributed by atoms with E-state index in [1.807, 2.05) is 69.3 Å². The Bertz CT molecular complexity index is 1620. The van der Waals surface area contributed by atoms with Crippen LogP contribution in [0.5, 0.6) is 0 Å². The molecule has 48 heavy (non-hydrogen) atoms. The van der Waals surface area contributed by atoms with Gasteiger partial charge in [-0.15, -0.1) is 0 Å². The Kier molecular flexibility index (Phi) is 9.53. The highest BCUT2D eigenvalue weighted by Gasteiger charge is 2.74. The molecule has 0 unspecified atom stereocenters. The molecule has 4 aliphatic rings. The summed E-state index contributed by atoms with van der Waals surface area (Å²) >= 11 is 6.74. The Morgan fingerprint density at radius 2 is 1.79 bits per heavy atom. The summed E-state index contributed by atoms with van der Waals surface area (Å²) in [6, 6.07) is 12.0. The molecule has 6 rings (SSSR count). The fourth-order valence-electron chi connectivity index (χ4n) is 7.76. The van der Waals surface area contributed by atoms with Crippen LogP contribution in [0.4, 0.5) is 5.69 Å². The number of ether oxygens (including phenoxy) is 2. The van der Waals surface area contributed by atoms with Gasteiger partial charge in [-0.25, -0.2) is 0 Å². The van der Waals surface area contributed by atoms with Gasteiger partial charge in [0, 0.05) is 13.0 Å². The van der Waals surface area contributed by atoms with Gasteiger partial charge in [-0.2, -0.15) is 0 Å². The third kappa shape index (κ3) is 5.73. The lowest BCUT2D eigenvalue weighted by atomic mass is 9.74. The highest BCUT2D eigenvalue weighted by atomic mass is 35.5. The second kappa shape index (κ2) is 13.5. The maximum atomic E-state index is 15.1. The molecule has 3 amide bonds. The third-order valence-corrected chi connectivity index (χ3v) is 10.4. The number of hydrogen-bond donors (Lipinski definition) is 2. The lowest BCUT2D eigenvalue weighted by Crippen LogP contribution is -2.59. The van der Waals surface area contributed by atoms with Crippen molar-refractivity contribution >= 4 is 41.0 Å². The molecule has 1 spiro atoms. The monoisotopic (exact) mass is 675 g/mol. The van der Waals surface area contributed by atoms with Crippen molar-refractivity contribution in [2.45, 2.75) is 76.5 Å². The van der Waals surface area contributed by atoms with E-state index in [2.05, 4.69) is 5.32 Å². The normalized spacial score (nSPS) is 32.0. The molecule has 4 aliphatic heterocycles. The first-order valence-electron chi connectivity index (χ1n) is 16.6. The summed E-state index contributed by atoms with van der Waals surface area (Å²) < 4.78 is 12.8. The Morgan fingerprint density at radius 3 is 2.48 bits per heavy atom. The number of anilines is 1. The molecule has 2 N–H and O–H groups in total. The molecule has 2 aromatic carbocycles. The van der Waals surface area contributed by atoms with Gasteiger partial charge in [0.25, 0.3) is 5.91 Å². The number of cyclic esters (lactones) is 1. The first-order chi connectivity index (χ1) is 23.0. The van der Waals surface area contributed by atoms with E-state index >= 15 is 4.79 Å². The van der Waals surface area contributed by atoms with E-state index in [0.29, 0.717) is 22.7 Å². The van der Waals surface area contributed by atoms with E-state index in [0.717, 1.165) is 5.56 Å². The standard InChI is InChI=1S/C37H42ClN3O7/c1-21(2)26(20-42)41-33-35(45)40(31-22(3)12-11-15-25(31)38)19-10-6-9-16-28(43)39-23(4)32(24-13-7-5-8-14-24)47-36(46)29-27-17-18-37(33,48-27)30(29)34(41)44/h5-8,10-15,17-18,21,23,26-27,29-30,32-33,42H,9,16,19-20H2,1-4H3,(H,39,43)/b10-6-/t23-,26-,27+,29-,30-,32+,33+,37-/m0/s1. The first kappa shape index (κ1) is 33.9. The van der Waals surface area contributed by atoms with E-state index in [4.69, 9.17) is 21.1 Å². The van der Waals surface area contributed by atoms with E-state index in [1.165, 1.54) is 9.80 Å². The summed E-state index contributed by atoms with van der Waals surface area (Å²) in [4.78, 5) is 60.1. The number of para-hydroxylation sites is 1. The lowest BCUT2D eigenvalue weighted by Gasteiger charge is -2.40. The Balaban J connectivity index is 1.50. The molecule has 0 saturated carbocycles. The zero-order valence-electron chi connectivity index (χ0n) is 27.5. The minimum atomic E-state index is -1.49. The molecule has 5 bridgehead atoms. The van der Waals surface area contributed by atoms with Crippen LogP contribution in [-0.4, -0.2) is 76.7 Å². The predicted molar refractivity (Wildman–Crippen MR) is 180 cm³/mol. The molecule has 11 heteroatoms. The summed E-state index contributed by atoms with van der Waals surface area (Å²) in [5, 5.41) is 14.0. The van der Waals surface area contributed by atoms with Crippen LogP contribution < -0.4 is 10.2 Å². The van der Waals surface area contributed by atoms with E-state index in [-0.39, 0.29) is 24.8 Å². The number of aliphatic hydroxyl groups excluding tert-OH is 1. The second-order valence-electron chi connectivity index (χ2n) is 13.4. The number of amides is 3. The summed E-state index contributed by atoms with van der Waals surface area (Å²) in [5.41, 5.74) is 0.424. The molecule has 254 valence electrons. The predicted octanol–water partition coefficient (Wildman–Crippen LogP) is 4.29. The molecule has 4 heterocycles. The number of esters is 1. The molecule has 8 atom stereocenters. The number of nitrogens with zero attached hydrogens (tertiary/aromatic N) is 2. The topological polar surface area (TPSA) is 125 Å². The minimum Gasteiger partial charge on any atom is -0.455 e. The van der Waals surface area contributed by atoms with Gasteiger partial charge in [0.15, 0.2) is 0 Å². The Hall–Kier alpha value is -3.99.